The second-order valence-corrected chi connectivity index (χ2v) is 6.87. The van der Waals surface area contributed by atoms with Gasteiger partial charge >= 0.3 is 0 Å². The van der Waals surface area contributed by atoms with Gasteiger partial charge in [0, 0.05) is 19.1 Å². The van der Waals surface area contributed by atoms with Crippen molar-refractivity contribution >= 4 is 0 Å². The lowest BCUT2D eigenvalue weighted by Gasteiger charge is -2.47. The number of hydrogen-bond donors (Lipinski definition) is 1. The lowest BCUT2D eigenvalue weighted by atomic mass is 9.78. The molecule has 0 amide bonds. The van der Waals surface area contributed by atoms with Crippen molar-refractivity contribution in [1.82, 2.24) is 10.2 Å². The van der Waals surface area contributed by atoms with Crippen LogP contribution in [0.4, 0.5) is 0 Å². The molecule has 4 atom stereocenters. The highest BCUT2D eigenvalue weighted by Gasteiger charge is 2.41. The van der Waals surface area contributed by atoms with E-state index in [1.54, 1.807) is 0 Å². The van der Waals surface area contributed by atoms with Crippen molar-refractivity contribution in [3.05, 3.63) is 0 Å². The molecule has 1 saturated carbocycles. The summed E-state index contributed by atoms with van der Waals surface area (Å²) in [4.78, 5) is 2.73. The number of hydrogen-bond acceptors (Lipinski definition) is 3. The minimum Gasteiger partial charge on any atom is -0.372 e. The van der Waals surface area contributed by atoms with Crippen LogP contribution in [-0.4, -0.2) is 49.3 Å². The van der Waals surface area contributed by atoms with Crippen molar-refractivity contribution < 1.29 is 4.74 Å². The average molecular weight is 252 g/mol. The van der Waals surface area contributed by atoms with Crippen LogP contribution in [0.3, 0.4) is 0 Å². The van der Waals surface area contributed by atoms with E-state index >= 15 is 0 Å². The van der Waals surface area contributed by atoms with Gasteiger partial charge in [0.25, 0.3) is 0 Å². The van der Waals surface area contributed by atoms with Crippen LogP contribution in [0.15, 0.2) is 0 Å². The number of likely N-dealkylation sites (tertiary alicyclic amines) is 1. The summed E-state index contributed by atoms with van der Waals surface area (Å²) in [5.74, 6) is 1.66. The molecule has 0 aromatic heterocycles. The fraction of sp³-hybridized carbons (Fsp3) is 1.00. The Morgan fingerprint density at radius 2 is 1.83 bits per heavy atom. The van der Waals surface area contributed by atoms with Crippen LogP contribution < -0.4 is 5.32 Å². The Bertz CT molecular complexity index is 270. The molecule has 0 aromatic rings. The second-order valence-electron chi connectivity index (χ2n) is 6.87. The van der Waals surface area contributed by atoms with Gasteiger partial charge in [-0.2, -0.15) is 0 Å². The lowest BCUT2D eigenvalue weighted by Crippen LogP contribution is -2.56. The molecule has 18 heavy (non-hydrogen) atoms. The third-order valence-electron chi connectivity index (χ3n) is 4.88. The molecule has 3 heteroatoms. The van der Waals surface area contributed by atoms with Gasteiger partial charge in [-0.3, -0.25) is 4.90 Å². The number of morpholine rings is 1. The van der Waals surface area contributed by atoms with Gasteiger partial charge in [-0.1, -0.05) is 13.8 Å². The third kappa shape index (κ3) is 2.73. The number of rotatable bonds is 5. The minimum atomic E-state index is 0.550. The third-order valence-corrected chi connectivity index (χ3v) is 4.88. The summed E-state index contributed by atoms with van der Waals surface area (Å²) < 4.78 is 5.94. The standard InChI is InChI=1S/C15H28N2O/c1-11(2)7-16-8-12-3-6-15(12)17-9-13-4-5-14(10-17)18-13/h11-16H,3-10H2,1-2H3. The molecule has 0 radical (unpaired) electrons. The Hall–Kier alpha value is -0.120. The first kappa shape index (κ1) is 12.9. The van der Waals surface area contributed by atoms with E-state index in [1.165, 1.54) is 45.3 Å². The van der Waals surface area contributed by atoms with Crippen LogP contribution in [0.1, 0.15) is 39.5 Å². The molecule has 2 bridgehead atoms. The molecule has 1 aliphatic carbocycles. The van der Waals surface area contributed by atoms with Crippen LogP contribution in [0.25, 0.3) is 0 Å². The van der Waals surface area contributed by atoms with E-state index in [1.807, 2.05) is 0 Å². The summed E-state index contributed by atoms with van der Waals surface area (Å²) in [6.45, 7) is 9.34. The van der Waals surface area contributed by atoms with E-state index in [2.05, 4.69) is 24.1 Å². The molecule has 3 fully saturated rings. The summed E-state index contributed by atoms with van der Waals surface area (Å²) in [6.07, 6.45) is 6.52. The van der Waals surface area contributed by atoms with Gasteiger partial charge in [0.05, 0.1) is 12.2 Å². The smallest absolute Gasteiger partial charge is 0.0707 e. The first-order valence-electron chi connectivity index (χ1n) is 7.82. The van der Waals surface area contributed by atoms with Crippen LogP contribution in [0.5, 0.6) is 0 Å². The molecule has 2 aliphatic heterocycles. The minimum absolute atomic E-state index is 0.550. The molecule has 4 unspecified atom stereocenters. The summed E-state index contributed by atoms with van der Waals surface area (Å²) in [5, 5.41) is 3.64. The monoisotopic (exact) mass is 252 g/mol. The van der Waals surface area contributed by atoms with E-state index < -0.39 is 0 Å². The second kappa shape index (κ2) is 5.48. The Labute approximate surface area is 111 Å². The molecule has 0 aromatic carbocycles. The zero-order chi connectivity index (χ0) is 12.5. The van der Waals surface area contributed by atoms with Crippen molar-refractivity contribution in [2.45, 2.75) is 57.8 Å². The van der Waals surface area contributed by atoms with Gasteiger partial charge in [-0.15, -0.1) is 0 Å². The van der Waals surface area contributed by atoms with Crippen molar-refractivity contribution in [2.75, 3.05) is 26.2 Å². The van der Waals surface area contributed by atoms with Crippen molar-refractivity contribution in [3.8, 4) is 0 Å². The van der Waals surface area contributed by atoms with Gasteiger partial charge < -0.3 is 10.1 Å². The summed E-state index contributed by atoms with van der Waals surface area (Å²) in [5.41, 5.74) is 0. The highest BCUT2D eigenvalue weighted by atomic mass is 16.5. The number of nitrogens with zero attached hydrogens (tertiary/aromatic N) is 1. The molecular weight excluding hydrogens is 224 g/mol. The SMILES string of the molecule is CC(C)CNCC1CCC1N1CC2CCC(C1)O2. The fourth-order valence-electron chi connectivity index (χ4n) is 3.74. The molecule has 2 saturated heterocycles. The Morgan fingerprint density at radius 1 is 1.11 bits per heavy atom. The number of ether oxygens (including phenoxy) is 1. The average Bonchev–Trinajstić information content (AvgIpc) is 2.62. The Balaban J connectivity index is 1.45. The normalized spacial score (nSPS) is 40.2. The molecule has 3 rings (SSSR count). The molecule has 0 spiro atoms. The molecule has 3 nitrogen and oxygen atoms in total. The van der Waals surface area contributed by atoms with Crippen LogP contribution in [0, 0.1) is 11.8 Å². The molecule has 104 valence electrons. The Kier molecular flexibility index (Phi) is 3.92. The van der Waals surface area contributed by atoms with Gasteiger partial charge in [0.15, 0.2) is 0 Å². The lowest BCUT2D eigenvalue weighted by molar-refractivity contribution is -0.0775. The quantitative estimate of drug-likeness (QED) is 0.808. The van der Waals surface area contributed by atoms with Crippen LogP contribution in [0.2, 0.25) is 0 Å². The van der Waals surface area contributed by atoms with Gasteiger partial charge in [0.2, 0.25) is 0 Å². The zero-order valence-corrected chi connectivity index (χ0v) is 11.9. The van der Waals surface area contributed by atoms with Gasteiger partial charge in [0.1, 0.15) is 0 Å². The van der Waals surface area contributed by atoms with Gasteiger partial charge in [-0.25, -0.2) is 0 Å². The first-order valence-corrected chi connectivity index (χ1v) is 7.82. The predicted molar refractivity (Wildman–Crippen MR) is 73.7 cm³/mol. The molecular formula is C15H28N2O. The van der Waals surface area contributed by atoms with Crippen LogP contribution >= 0.6 is 0 Å². The van der Waals surface area contributed by atoms with E-state index in [0.717, 1.165) is 24.4 Å². The van der Waals surface area contributed by atoms with E-state index in [4.69, 9.17) is 4.74 Å². The number of fused-ring (bicyclic) bond motifs is 2. The van der Waals surface area contributed by atoms with E-state index in [-0.39, 0.29) is 0 Å². The predicted octanol–water partition coefficient (Wildman–Crippen LogP) is 1.87. The maximum Gasteiger partial charge on any atom is 0.0707 e. The van der Waals surface area contributed by atoms with Crippen molar-refractivity contribution in [1.29, 1.82) is 0 Å². The fourth-order valence-corrected chi connectivity index (χ4v) is 3.74. The molecule has 3 aliphatic rings. The highest BCUT2D eigenvalue weighted by molar-refractivity contribution is 4.95. The zero-order valence-electron chi connectivity index (χ0n) is 11.9. The van der Waals surface area contributed by atoms with E-state index in [9.17, 15) is 0 Å². The van der Waals surface area contributed by atoms with E-state index in [0.29, 0.717) is 12.2 Å². The molecule has 1 N–H and O–H groups in total. The summed E-state index contributed by atoms with van der Waals surface area (Å²) >= 11 is 0. The number of nitrogens with one attached hydrogen (secondary N) is 1. The maximum absolute atomic E-state index is 5.94. The largest absolute Gasteiger partial charge is 0.372 e. The first-order chi connectivity index (χ1) is 8.72. The summed E-state index contributed by atoms with van der Waals surface area (Å²) in [6, 6.07) is 0.844. The Morgan fingerprint density at radius 3 is 2.39 bits per heavy atom. The van der Waals surface area contributed by atoms with Crippen molar-refractivity contribution in [3.63, 3.8) is 0 Å². The molecule has 2 heterocycles. The van der Waals surface area contributed by atoms with Crippen LogP contribution in [-0.2, 0) is 4.74 Å². The van der Waals surface area contributed by atoms with Gasteiger partial charge in [-0.05, 0) is 50.6 Å². The topological polar surface area (TPSA) is 24.5 Å². The summed E-state index contributed by atoms with van der Waals surface area (Å²) in [7, 11) is 0. The van der Waals surface area contributed by atoms with Crippen molar-refractivity contribution in [2.24, 2.45) is 11.8 Å². The maximum atomic E-state index is 5.94. The highest BCUT2D eigenvalue weighted by Crippen LogP contribution is 2.36.